The van der Waals surface area contributed by atoms with E-state index in [0.29, 0.717) is 11.8 Å². The Hall–Kier alpha value is -0.580. The van der Waals surface area contributed by atoms with Gasteiger partial charge in [-0.15, -0.1) is 0 Å². The fourth-order valence-corrected chi connectivity index (χ4v) is 3.47. The molecule has 5 heteroatoms. The molecule has 0 heterocycles. The topological polar surface area (TPSA) is 63.2 Å². The van der Waals surface area contributed by atoms with E-state index in [4.69, 9.17) is 0 Å². The van der Waals surface area contributed by atoms with E-state index in [1.807, 2.05) is 0 Å². The highest BCUT2D eigenvalue weighted by Crippen LogP contribution is 2.44. The van der Waals surface area contributed by atoms with Gasteiger partial charge in [-0.25, -0.2) is 8.42 Å². The molecule has 3 saturated carbocycles. The number of sulfonamides is 1. The number of fused-ring (bicyclic) bond motifs is 3. The van der Waals surface area contributed by atoms with Gasteiger partial charge in [0.15, 0.2) is 0 Å². The van der Waals surface area contributed by atoms with Gasteiger partial charge in [0, 0.05) is 5.92 Å². The third-order valence-corrected chi connectivity index (χ3v) is 4.24. The van der Waals surface area contributed by atoms with Gasteiger partial charge in [-0.2, -0.15) is 0 Å². The van der Waals surface area contributed by atoms with Crippen LogP contribution in [0, 0.1) is 17.8 Å². The van der Waals surface area contributed by atoms with E-state index in [2.05, 4.69) is 4.72 Å². The number of amides is 1. The van der Waals surface area contributed by atoms with Crippen molar-refractivity contribution in [1.82, 2.24) is 4.72 Å². The predicted molar refractivity (Wildman–Crippen MR) is 56.5 cm³/mol. The van der Waals surface area contributed by atoms with Crippen molar-refractivity contribution in [2.75, 3.05) is 6.26 Å². The Balaban J connectivity index is 2.02. The van der Waals surface area contributed by atoms with Crippen LogP contribution in [-0.4, -0.2) is 20.6 Å². The Morgan fingerprint density at radius 2 is 1.80 bits per heavy atom. The van der Waals surface area contributed by atoms with Crippen molar-refractivity contribution >= 4 is 15.9 Å². The summed E-state index contributed by atoms with van der Waals surface area (Å²) in [5.74, 6) is 0.709. The van der Waals surface area contributed by atoms with Crippen molar-refractivity contribution in [3.63, 3.8) is 0 Å². The van der Waals surface area contributed by atoms with E-state index in [1.165, 1.54) is 12.8 Å². The van der Waals surface area contributed by atoms with Gasteiger partial charge in [-0.05, 0) is 31.1 Å². The fourth-order valence-electron chi connectivity index (χ4n) is 2.96. The summed E-state index contributed by atoms with van der Waals surface area (Å²) in [4.78, 5) is 11.7. The molecule has 3 aliphatic carbocycles. The second kappa shape index (κ2) is 3.77. The lowest BCUT2D eigenvalue weighted by Crippen LogP contribution is -2.43. The summed E-state index contributed by atoms with van der Waals surface area (Å²) < 4.78 is 24.0. The highest BCUT2D eigenvalue weighted by atomic mass is 32.2. The lowest BCUT2D eigenvalue weighted by atomic mass is 9.64. The zero-order valence-electron chi connectivity index (χ0n) is 8.90. The van der Waals surface area contributed by atoms with Crippen LogP contribution < -0.4 is 4.72 Å². The number of hydrogen-bond acceptors (Lipinski definition) is 3. The maximum atomic E-state index is 11.7. The van der Waals surface area contributed by atoms with Crippen molar-refractivity contribution in [2.24, 2.45) is 17.8 Å². The van der Waals surface area contributed by atoms with E-state index in [9.17, 15) is 13.2 Å². The zero-order chi connectivity index (χ0) is 11.1. The van der Waals surface area contributed by atoms with E-state index in [-0.39, 0.29) is 11.8 Å². The molecule has 1 amide bonds. The molecule has 3 rings (SSSR count). The van der Waals surface area contributed by atoms with Gasteiger partial charge in [0.05, 0.1) is 6.26 Å². The standard InChI is InChI=1S/C10H17NO3S/c1-15(13,14)11-10(12)9-6-7-2-4-8(9)5-3-7/h7-9H,2-6H2,1H3,(H,11,12). The lowest BCUT2D eigenvalue weighted by Gasteiger charge is -2.41. The first kappa shape index (κ1) is 10.9. The van der Waals surface area contributed by atoms with Crippen LogP contribution in [0.15, 0.2) is 0 Å². The number of nitrogens with one attached hydrogen (secondary N) is 1. The minimum absolute atomic E-state index is 0.0628. The molecule has 0 aromatic carbocycles. The van der Waals surface area contributed by atoms with E-state index < -0.39 is 10.0 Å². The highest BCUT2D eigenvalue weighted by molar-refractivity contribution is 7.89. The maximum Gasteiger partial charge on any atom is 0.236 e. The van der Waals surface area contributed by atoms with Crippen LogP contribution in [0.4, 0.5) is 0 Å². The van der Waals surface area contributed by atoms with Crippen molar-refractivity contribution in [3.8, 4) is 0 Å². The molecule has 0 aliphatic heterocycles. The molecule has 1 atom stereocenters. The molecule has 0 aromatic heterocycles. The van der Waals surface area contributed by atoms with Crippen molar-refractivity contribution < 1.29 is 13.2 Å². The fraction of sp³-hybridized carbons (Fsp3) is 0.900. The normalized spacial score (nSPS) is 35.1. The number of rotatable bonds is 2. The minimum Gasteiger partial charge on any atom is -0.274 e. The summed E-state index contributed by atoms with van der Waals surface area (Å²) in [6, 6.07) is 0. The first-order chi connectivity index (χ1) is 6.96. The second-order valence-electron chi connectivity index (χ2n) is 4.86. The lowest BCUT2D eigenvalue weighted by molar-refractivity contribution is -0.128. The zero-order valence-corrected chi connectivity index (χ0v) is 9.72. The molecule has 0 saturated heterocycles. The average Bonchev–Trinajstić information content (AvgIpc) is 2.17. The summed E-state index contributed by atoms with van der Waals surface area (Å²) >= 11 is 0. The van der Waals surface area contributed by atoms with E-state index in [1.54, 1.807) is 0 Å². The van der Waals surface area contributed by atoms with Crippen molar-refractivity contribution in [3.05, 3.63) is 0 Å². The molecule has 0 radical (unpaired) electrons. The Labute approximate surface area is 90.5 Å². The maximum absolute atomic E-state index is 11.7. The number of hydrogen-bond donors (Lipinski definition) is 1. The predicted octanol–water partition coefficient (Wildman–Crippen LogP) is 0.888. The van der Waals surface area contributed by atoms with Gasteiger partial charge >= 0.3 is 0 Å². The molecule has 3 aliphatic rings. The Morgan fingerprint density at radius 3 is 2.20 bits per heavy atom. The van der Waals surface area contributed by atoms with Gasteiger partial charge < -0.3 is 0 Å². The molecule has 3 fully saturated rings. The van der Waals surface area contributed by atoms with Crippen LogP contribution in [0.25, 0.3) is 0 Å². The number of carbonyl (C=O) groups excluding carboxylic acids is 1. The van der Waals surface area contributed by atoms with Gasteiger partial charge in [0.2, 0.25) is 15.9 Å². The average molecular weight is 231 g/mol. The summed E-state index contributed by atoms with van der Waals surface area (Å²) in [6.45, 7) is 0. The minimum atomic E-state index is -3.39. The number of carbonyl (C=O) groups is 1. The first-order valence-corrected chi connectivity index (χ1v) is 7.36. The van der Waals surface area contributed by atoms with Gasteiger partial charge in [0.25, 0.3) is 0 Å². The quantitative estimate of drug-likeness (QED) is 0.767. The molecule has 86 valence electrons. The largest absolute Gasteiger partial charge is 0.274 e. The third-order valence-electron chi connectivity index (χ3n) is 3.67. The van der Waals surface area contributed by atoms with Gasteiger partial charge in [-0.3, -0.25) is 9.52 Å². The molecular formula is C10H17NO3S. The SMILES string of the molecule is CS(=O)(=O)NC(=O)C1CC2CCC1CC2. The summed E-state index contributed by atoms with van der Waals surface area (Å²) in [5.41, 5.74) is 0. The van der Waals surface area contributed by atoms with Crippen LogP contribution >= 0.6 is 0 Å². The van der Waals surface area contributed by atoms with E-state index in [0.717, 1.165) is 25.5 Å². The van der Waals surface area contributed by atoms with Crippen LogP contribution in [0.1, 0.15) is 32.1 Å². The monoisotopic (exact) mass is 231 g/mol. The summed E-state index contributed by atoms with van der Waals surface area (Å²) in [6.07, 6.45) is 6.53. The van der Waals surface area contributed by atoms with Crippen LogP contribution in [0.3, 0.4) is 0 Å². The smallest absolute Gasteiger partial charge is 0.236 e. The molecule has 2 bridgehead atoms. The molecule has 1 unspecified atom stereocenters. The van der Waals surface area contributed by atoms with Crippen molar-refractivity contribution in [1.29, 1.82) is 0 Å². The van der Waals surface area contributed by atoms with Gasteiger partial charge in [0.1, 0.15) is 0 Å². The summed E-state index contributed by atoms with van der Waals surface area (Å²) in [5, 5.41) is 0. The van der Waals surface area contributed by atoms with Crippen LogP contribution in [-0.2, 0) is 14.8 Å². The van der Waals surface area contributed by atoms with Crippen LogP contribution in [0.2, 0.25) is 0 Å². The Morgan fingerprint density at radius 1 is 1.20 bits per heavy atom. The molecule has 15 heavy (non-hydrogen) atoms. The molecule has 1 N–H and O–H groups in total. The summed E-state index contributed by atoms with van der Waals surface area (Å²) in [7, 11) is -3.39. The first-order valence-electron chi connectivity index (χ1n) is 5.47. The van der Waals surface area contributed by atoms with E-state index >= 15 is 0 Å². The third kappa shape index (κ3) is 2.51. The molecule has 0 spiro atoms. The van der Waals surface area contributed by atoms with Crippen LogP contribution in [0.5, 0.6) is 0 Å². The molecule has 0 aromatic rings. The molecule has 4 nitrogen and oxygen atoms in total. The van der Waals surface area contributed by atoms with Gasteiger partial charge in [-0.1, -0.05) is 12.8 Å². The highest BCUT2D eigenvalue weighted by Gasteiger charge is 2.39. The van der Waals surface area contributed by atoms with Crippen molar-refractivity contribution in [2.45, 2.75) is 32.1 Å². The Bertz CT molecular complexity index is 355. The Kier molecular flexibility index (Phi) is 2.75. The second-order valence-corrected chi connectivity index (χ2v) is 6.61. The molecular weight excluding hydrogens is 214 g/mol.